The Morgan fingerprint density at radius 3 is 3.00 bits per heavy atom. The van der Waals surface area contributed by atoms with Gasteiger partial charge in [0.1, 0.15) is 0 Å². The van der Waals surface area contributed by atoms with Crippen LogP contribution >= 0.6 is 0 Å². The van der Waals surface area contributed by atoms with Gasteiger partial charge in [-0.05, 0) is 24.6 Å². The van der Waals surface area contributed by atoms with Crippen molar-refractivity contribution in [2.75, 3.05) is 13.1 Å². The summed E-state index contributed by atoms with van der Waals surface area (Å²) in [5.41, 5.74) is 2.02. The predicted octanol–water partition coefficient (Wildman–Crippen LogP) is 0.651. The zero-order chi connectivity index (χ0) is 9.10. The van der Waals surface area contributed by atoms with Crippen LogP contribution in [0.4, 0.5) is 0 Å². The van der Waals surface area contributed by atoms with Crippen molar-refractivity contribution in [1.82, 2.24) is 10.3 Å². The number of nitrogens with zero attached hydrogens (tertiary/aromatic N) is 1. The lowest BCUT2D eigenvalue weighted by Crippen LogP contribution is -2.08. The van der Waals surface area contributed by atoms with E-state index in [9.17, 15) is 0 Å². The lowest BCUT2D eigenvalue weighted by Gasteiger charge is -2.07. The molecule has 0 aromatic carbocycles. The first-order valence-electron chi connectivity index (χ1n) is 4.66. The molecule has 13 heavy (non-hydrogen) atoms. The summed E-state index contributed by atoms with van der Waals surface area (Å²) in [7, 11) is 0. The van der Waals surface area contributed by atoms with Gasteiger partial charge in [0.25, 0.3) is 0 Å². The Bertz CT molecular complexity index is 265. The zero-order valence-corrected chi connectivity index (χ0v) is 7.53. The third-order valence-electron chi connectivity index (χ3n) is 2.51. The molecule has 1 aromatic heterocycles. The Labute approximate surface area is 77.8 Å². The average Bonchev–Trinajstić information content (AvgIpc) is 2.71. The number of nitrogens with one attached hydrogen (secondary N) is 1. The minimum atomic E-state index is 0.0796. The van der Waals surface area contributed by atoms with E-state index < -0.39 is 0 Å². The minimum absolute atomic E-state index is 0.0796. The molecule has 0 bridgehead atoms. The second-order valence-corrected chi connectivity index (χ2v) is 3.44. The quantitative estimate of drug-likeness (QED) is 0.699. The molecule has 0 aliphatic carbocycles. The summed E-state index contributed by atoms with van der Waals surface area (Å²) in [6, 6.07) is 3.96. The van der Waals surface area contributed by atoms with Crippen molar-refractivity contribution in [2.45, 2.75) is 18.9 Å². The lowest BCUT2D eigenvalue weighted by molar-refractivity contribution is 0.281. The largest absolute Gasteiger partial charge is 0.392 e. The highest BCUT2D eigenvalue weighted by Gasteiger charge is 2.17. The average molecular weight is 178 g/mol. The van der Waals surface area contributed by atoms with Crippen LogP contribution in [0, 0.1) is 0 Å². The molecule has 2 heterocycles. The van der Waals surface area contributed by atoms with E-state index in [2.05, 4.69) is 10.3 Å². The highest BCUT2D eigenvalue weighted by Crippen LogP contribution is 2.19. The Hall–Kier alpha value is -0.930. The van der Waals surface area contributed by atoms with Gasteiger partial charge in [0.05, 0.1) is 6.61 Å². The first-order valence-corrected chi connectivity index (χ1v) is 4.66. The molecular formula is C10H14N2O. The maximum atomic E-state index is 8.84. The van der Waals surface area contributed by atoms with Gasteiger partial charge < -0.3 is 10.4 Å². The molecule has 1 aliphatic heterocycles. The van der Waals surface area contributed by atoms with E-state index in [0.29, 0.717) is 5.92 Å². The normalized spacial score (nSPS) is 22.1. The Kier molecular flexibility index (Phi) is 2.57. The molecule has 1 fully saturated rings. The molecule has 70 valence electrons. The second-order valence-electron chi connectivity index (χ2n) is 3.44. The molecule has 1 saturated heterocycles. The monoisotopic (exact) mass is 178 g/mol. The Morgan fingerprint density at radius 1 is 1.54 bits per heavy atom. The van der Waals surface area contributed by atoms with Crippen molar-refractivity contribution in [3.05, 3.63) is 29.6 Å². The third kappa shape index (κ3) is 1.87. The standard InChI is InChI=1S/C10H14N2O/c13-7-8-1-2-10(12-5-8)9-3-4-11-6-9/h1-2,5,9,11,13H,3-4,6-7H2. The number of aliphatic hydroxyl groups excluding tert-OH is 1. The van der Waals surface area contributed by atoms with Crippen LogP contribution in [0.3, 0.4) is 0 Å². The molecule has 1 aliphatic rings. The van der Waals surface area contributed by atoms with E-state index in [1.165, 1.54) is 6.42 Å². The fraction of sp³-hybridized carbons (Fsp3) is 0.500. The van der Waals surface area contributed by atoms with Gasteiger partial charge in [-0.15, -0.1) is 0 Å². The van der Waals surface area contributed by atoms with E-state index in [0.717, 1.165) is 24.3 Å². The first kappa shape index (κ1) is 8.66. The van der Waals surface area contributed by atoms with Crippen molar-refractivity contribution in [3.8, 4) is 0 Å². The summed E-state index contributed by atoms with van der Waals surface area (Å²) in [4.78, 5) is 4.33. The topological polar surface area (TPSA) is 45.1 Å². The van der Waals surface area contributed by atoms with Gasteiger partial charge in [0.15, 0.2) is 0 Å². The minimum Gasteiger partial charge on any atom is -0.392 e. The zero-order valence-electron chi connectivity index (χ0n) is 7.53. The summed E-state index contributed by atoms with van der Waals surface area (Å²) < 4.78 is 0. The van der Waals surface area contributed by atoms with Gasteiger partial charge in [0, 0.05) is 24.4 Å². The maximum absolute atomic E-state index is 8.84. The summed E-state index contributed by atoms with van der Waals surface area (Å²) in [5.74, 6) is 0.563. The highest BCUT2D eigenvalue weighted by atomic mass is 16.3. The summed E-state index contributed by atoms with van der Waals surface area (Å²) in [6.07, 6.45) is 2.93. The van der Waals surface area contributed by atoms with E-state index in [-0.39, 0.29) is 6.61 Å². The molecule has 1 unspecified atom stereocenters. The van der Waals surface area contributed by atoms with Crippen LogP contribution in [0.15, 0.2) is 18.3 Å². The number of pyridine rings is 1. The maximum Gasteiger partial charge on any atom is 0.0696 e. The first-order chi connectivity index (χ1) is 6.40. The predicted molar refractivity (Wildman–Crippen MR) is 50.4 cm³/mol. The third-order valence-corrected chi connectivity index (χ3v) is 2.51. The number of hydrogen-bond acceptors (Lipinski definition) is 3. The van der Waals surface area contributed by atoms with Gasteiger partial charge in [-0.2, -0.15) is 0 Å². The van der Waals surface area contributed by atoms with Crippen LogP contribution in [-0.2, 0) is 6.61 Å². The molecule has 2 N–H and O–H groups in total. The van der Waals surface area contributed by atoms with Crippen molar-refractivity contribution in [2.24, 2.45) is 0 Å². The molecule has 0 spiro atoms. The number of aliphatic hydroxyl groups is 1. The smallest absolute Gasteiger partial charge is 0.0696 e. The van der Waals surface area contributed by atoms with E-state index in [4.69, 9.17) is 5.11 Å². The summed E-state index contributed by atoms with van der Waals surface area (Å²) in [6.45, 7) is 2.20. The number of aromatic nitrogens is 1. The fourth-order valence-electron chi connectivity index (χ4n) is 1.68. The van der Waals surface area contributed by atoms with Crippen LogP contribution in [-0.4, -0.2) is 23.2 Å². The molecule has 3 heteroatoms. The molecular weight excluding hydrogens is 164 g/mol. The van der Waals surface area contributed by atoms with Crippen molar-refractivity contribution in [3.63, 3.8) is 0 Å². The van der Waals surface area contributed by atoms with Gasteiger partial charge in [0.2, 0.25) is 0 Å². The molecule has 0 amide bonds. The van der Waals surface area contributed by atoms with Crippen LogP contribution in [0.2, 0.25) is 0 Å². The summed E-state index contributed by atoms with van der Waals surface area (Å²) >= 11 is 0. The van der Waals surface area contributed by atoms with Crippen molar-refractivity contribution in [1.29, 1.82) is 0 Å². The molecule has 1 atom stereocenters. The van der Waals surface area contributed by atoms with Gasteiger partial charge in [-0.1, -0.05) is 6.07 Å². The molecule has 0 radical (unpaired) electrons. The van der Waals surface area contributed by atoms with Gasteiger partial charge in [-0.3, -0.25) is 4.98 Å². The molecule has 2 rings (SSSR count). The van der Waals surface area contributed by atoms with E-state index >= 15 is 0 Å². The van der Waals surface area contributed by atoms with Crippen LogP contribution in [0.25, 0.3) is 0 Å². The van der Waals surface area contributed by atoms with E-state index in [1.54, 1.807) is 6.20 Å². The van der Waals surface area contributed by atoms with Gasteiger partial charge in [-0.25, -0.2) is 0 Å². The second kappa shape index (κ2) is 3.85. The number of hydrogen-bond donors (Lipinski definition) is 2. The number of rotatable bonds is 2. The van der Waals surface area contributed by atoms with Crippen LogP contribution in [0.5, 0.6) is 0 Å². The van der Waals surface area contributed by atoms with Crippen molar-refractivity contribution < 1.29 is 5.11 Å². The lowest BCUT2D eigenvalue weighted by atomic mass is 10.0. The van der Waals surface area contributed by atoms with Crippen LogP contribution < -0.4 is 5.32 Å². The summed E-state index contributed by atoms with van der Waals surface area (Å²) in [5, 5.41) is 12.2. The molecule has 3 nitrogen and oxygen atoms in total. The molecule has 1 aromatic rings. The van der Waals surface area contributed by atoms with Crippen molar-refractivity contribution >= 4 is 0 Å². The SMILES string of the molecule is OCc1ccc(C2CCNC2)nc1. The highest BCUT2D eigenvalue weighted by molar-refractivity contribution is 5.17. The van der Waals surface area contributed by atoms with Crippen LogP contribution in [0.1, 0.15) is 23.6 Å². The Morgan fingerprint density at radius 2 is 2.46 bits per heavy atom. The van der Waals surface area contributed by atoms with E-state index in [1.807, 2.05) is 12.1 Å². The Balaban J connectivity index is 2.12. The fourth-order valence-corrected chi connectivity index (χ4v) is 1.68. The van der Waals surface area contributed by atoms with Gasteiger partial charge >= 0.3 is 0 Å². The molecule has 0 saturated carbocycles.